The molecule has 0 unspecified atom stereocenters. The summed E-state index contributed by atoms with van der Waals surface area (Å²) in [7, 11) is 3.03. The Hall–Kier alpha value is -1.51. The van der Waals surface area contributed by atoms with Gasteiger partial charge < -0.3 is 19.4 Å². The first kappa shape index (κ1) is 19.8. The van der Waals surface area contributed by atoms with Crippen molar-refractivity contribution in [1.29, 1.82) is 0 Å². The van der Waals surface area contributed by atoms with Crippen LogP contribution < -0.4 is 66.0 Å². The number of carbonyl (C=O) groups is 1. The van der Waals surface area contributed by atoms with Crippen LogP contribution in [0.5, 0.6) is 11.5 Å². The maximum atomic E-state index is 13.4. The molecule has 0 saturated heterocycles. The van der Waals surface area contributed by atoms with Gasteiger partial charge in [0.2, 0.25) is 0 Å². The van der Waals surface area contributed by atoms with E-state index in [1.807, 2.05) is 0 Å². The number of benzene rings is 2. The molecule has 7 heteroatoms. The molecule has 3 aromatic rings. The standard InChI is InChI=1S/C18H14FNO4.K/c1-23-16-6-3-10(7-17(16)24-2)15-9-13(18(21)22)12-8-11(19)4-5-14(12)20-15;/h3-9H,1-2H3,(H,21,22);/q;+1/p-1. The zero-order valence-electron chi connectivity index (χ0n) is 14.0. The van der Waals surface area contributed by atoms with Crippen LogP contribution in [0.4, 0.5) is 4.39 Å². The van der Waals surface area contributed by atoms with Gasteiger partial charge in [-0.15, -0.1) is 0 Å². The van der Waals surface area contributed by atoms with Gasteiger partial charge in [0.15, 0.2) is 11.5 Å². The molecule has 122 valence electrons. The van der Waals surface area contributed by atoms with Gasteiger partial charge >= 0.3 is 51.4 Å². The van der Waals surface area contributed by atoms with Crippen molar-refractivity contribution in [2.75, 3.05) is 14.2 Å². The molecule has 0 fully saturated rings. The summed E-state index contributed by atoms with van der Waals surface area (Å²) in [6.45, 7) is 0. The minimum absolute atomic E-state index is 0. The van der Waals surface area contributed by atoms with Crippen LogP contribution in [0.15, 0.2) is 42.5 Å². The molecule has 0 saturated carbocycles. The summed E-state index contributed by atoms with van der Waals surface area (Å²) in [6.07, 6.45) is 0. The molecule has 0 aliphatic carbocycles. The maximum absolute atomic E-state index is 13.4. The van der Waals surface area contributed by atoms with Crippen molar-refractivity contribution in [1.82, 2.24) is 4.98 Å². The van der Waals surface area contributed by atoms with Gasteiger partial charge in [-0.2, -0.15) is 0 Å². The molecule has 0 N–H and O–H groups in total. The minimum atomic E-state index is -1.39. The fraction of sp³-hybridized carbons (Fsp3) is 0.111. The Bertz CT molecular complexity index is 946. The summed E-state index contributed by atoms with van der Waals surface area (Å²) in [5, 5.41) is 11.6. The molecule has 0 aliphatic heterocycles. The number of pyridine rings is 1. The molecule has 25 heavy (non-hydrogen) atoms. The Morgan fingerprint density at radius 3 is 2.40 bits per heavy atom. The van der Waals surface area contributed by atoms with E-state index in [1.165, 1.54) is 32.4 Å². The van der Waals surface area contributed by atoms with E-state index in [1.54, 1.807) is 18.2 Å². The first-order valence-corrected chi connectivity index (χ1v) is 7.07. The van der Waals surface area contributed by atoms with E-state index in [9.17, 15) is 14.3 Å². The van der Waals surface area contributed by atoms with E-state index >= 15 is 0 Å². The summed E-state index contributed by atoms with van der Waals surface area (Å²) in [5.74, 6) is -0.893. The van der Waals surface area contributed by atoms with Crippen molar-refractivity contribution < 1.29 is 75.1 Å². The fourth-order valence-corrected chi connectivity index (χ4v) is 2.51. The van der Waals surface area contributed by atoms with Crippen molar-refractivity contribution in [2.24, 2.45) is 0 Å². The number of fused-ring (bicyclic) bond motifs is 1. The largest absolute Gasteiger partial charge is 1.00 e. The van der Waals surface area contributed by atoms with Gasteiger partial charge in [0.1, 0.15) is 5.82 Å². The number of aromatic nitrogens is 1. The molecule has 0 bridgehead atoms. The molecule has 1 heterocycles. The summed E-state index contributed by atoms with van der Waals surface area (Å²) in [5.41, 5.74) is 1.29. The smallest absolute Gasteiger partial charge is 0.545 e. The molecular formula is C18H13FKNO4. The van der Waals surface area contributed by atoms with Gasteiger partial charge in [0.05, 0.1) is 31.4 Å². The van der Waals surface area contributed by atoms with Gasteiger partial charge in [0, 0.05) is 16.5 Å². The van der Waals surface area contributed by atoms with E-state index in [0.717, 1.165) is 6.07 Å². The first-order valence-electron chi connectivity index (χ1n) is 7.07. The van der Waals surface area contributed by atoms with Gasteiger partial charge in [-0.1, -0.05) is 0 Å². The van der Waals surface area contributed by atoms with Crippen LogP contribution in [0.2, 0.25) is 0 Å². The predicted octanol–water partition coefficient (Wildman–Crippen LogP) is -0.574. The second kappa shape index (κ2) is 8.24. The number of halogens is 1. The number of ether oxygens (including phenoxy) is 2. The van der Waals surface area contributed by atoms with Crippen LogP contribution in [0.3, 0.4) is 0 Å². The predicted molar refractivity (Wildman–Crippen MR) is 84.6 cm³/mol. The number of hydrogen-bond acceptors (Lipinski definition) is 5. The molecule has 1 aromatic heterocycles. The van der Waals surface area contributed by atoms with Crippen LogP contribution in [0, 0.1) is 5.82 Å². The number of carboxylic acid groups (broad SMARTS) is 1. The second-order valence-corrected chi connectivity index (χ2v) is 5.07. The zero-order valence-corrected chi connectivity index (χ0v) is 17.1. The molecule has 0 amide bonds. The maximum Gasteiger partial charge on any atom is 1.00 e. The molecule has 2 aromatic carbocycles. The van der Waals surface area contributed by atoms with Crippen molar-refractivity contribution in [2.45, 2.75) is 0 Å². The van der Waals surface area contributed by atoms with E-state index in [0.29, 0.717) is 28.3 Å². The number of nitrogens with zero attached hydrogens (tertiary/aromatic N) is 1. The normalized spacial score (nSPS) is 10.2. The number of carboxylic acids is 1. The number of methoxy groups -OCH3 is 2. The van der Waals surface area contributed by atoms with Crippen LogP contribution in [0.25, 0.3) is 22.2 Å². The van der Waals surface area contributed by atoms with E-state index < -0.39 is 11.8 Å². The summed E-state index contributed by atoms with van der Waals surface area (Å²) >= 11 is 0. The van der Waals surface area contributed by atoms with Crippen molar-refractivity contribution in [3.8, 4) is 22.8 Å². The molecule has 0 spiro atoms. The summed E-state index contributed by atoms with van der Waals surface area (Å²) in [4.78, 5) is 15.8. The Morgan fingerprint density at radius 2 is 1.76 bits per heavy atom. The quantitative estimate of drug-likeness (QED) is 0.579. The number of hydrogen-bond donors (Lipinski definition) is 0. The number of aromatic carboxylic acids is 1. The average Bonchev–Trinajstić information content (AvgIpc) is 2.60. The third kappa shape index (κ3) is 4.01. The number of rotatable bonds is 4. The Labute approximate surface area is 186 Å². The van der Waals surface area contributed by atoms with Crippen LogP contribution in [-0.2, 0) is 0 Å². The molecule has 5 nitrogen and oxygen atoms in total. The Morgan fingerprint density at radius 1 is 1.04 bits per heavy atom. The van der Waals surface area contributed by atoms with Crippen molar-refractivity contribution in [3.63, 3.8) is 0 Å². The molecule has 0 atom stereocenters. The van der Waals surface area contributed by atoms with E-state index in [2.05, 4.69) is 4.98 Å². The number of carbonyl (C=O) groups excluding carboxylic acids is 1. The molecule has 3 rings (SSSR count). The third-order valence-corrected chi connectivity index (χ3v) is 3.67. The SMILES string of the molecule is COc1ccc(-c2cc(C(=O)[O-])c3cc(F)ccc3n2)cc1OC.[K+]. The topological polar surface area (TPSA) is 71.5 Å². The molecule has 0 aliphatic rings. The summed E-state index contributed by atoms with van der Waals surface area (Å²) < 4.78 is 23.8. The zero-order chi connectivity index (χ0) is 17.3. The minimum Gasteiger partial charge on any atom is -0.545 e. The average molecular weight is 365 g/mol. The monoisotopic (exact) mass is 365 g/mol. The second-order valence-electron chi connectivity index (χ2n) is 5.07. The van der Waals surface area contributed by atoms with Crippen LogP contribution in [-0.4, -0.2) is 25.2 Å². The van der Waals surface area contributed by atoms with Crippen LogP contribution >= 0.6 is 0 Å². The van der Waals surface area contributed by atoms with Crippen molar-refractivity contribution in [3.05, 3.63) is 53.8 Å². The molecular weight excluding hydrogens is 352 g/mol. The Kier molecular flexibility index (Phi) is 6.53. The van der Waals surface area contributed by atoms with Gasteiger partial charge in [-0.25, -0.2) is 9.37 Å². The third-order valence-electron chi connectivity index (χ3n) is 3.67. The Balaban J connectivity index is 0.00000225. The van der Waals surface area contributed by atoms with Gasteiger partial charge in [-0.05, 0) is 42.5 Å². The molecule has 0 radical (unpaired) electrons. The van der Waals surface area contributed by atoms with Crippen molar-refractivity contribution >= 4 is 16.9 Å². The van der Waals surface area contributed by atoms with Crippen LogP contribution in [0.1, 0.15) is 10.4 Å². The van der Waals surface area contributed by atoms with E-state index in [-0.39, 0.29) is 62.3 Å². The summed E-state index contributed by atoms with van der Waals surface area (Å²) in [6, 6.07) is 10.3. The van der Waals surface area contributed by atoms with Gasteiger partial charge in [-0.3, -0.25) is 0 Å². The first-order chi connectivity index (χ1) is 11.5. The van der Waals surface area contributed by atoms with E-state index in [4.69, 9.17) is 9.47 Å². The van der Waals surface area contributed by atoms with Gasteiger partial charge in [0.25, 0.3) is 0 Å². The fourth-order valence-electron chi connectivity index (χ4n) is 2.51.